The second kappa shape index (κ2) is 4.54. The third-order valence-corrected chi connectivity index (χ3v) is 5.06. The molecule has 0 N–H and O–H groups in total. The van der Waals surface area contributed by atoms with Gasteiger partial charge >= 0.3 is 0 Å². The summed E-state index contributed by atoms with van der Waals surface area (Å²) in [5.41, 5.74) is 2.26. The first-order valence-electron chi connectivity index (χ1n) is 7.69. The van der Waals surface area contributed by atoms with Crippen LogP contribution >= 0.6 is 0 Å². The molecule has 1 aromatic heterocycles. The van der Waals surface area contributed by atoms with Gasteiger partial charge < -0.3 is 9.32 Å². The predicted molar refractivity (Wildman–Crippen MR) is 78.0 cm³/mol. The van der Waals surface area contributed by atoms with Crippen molar-refractivity contribution in [1.29, 1.82) is 0 Å². The second-order valence-corrected chi connectivity index (χ2v) is 6.26. The minimum Gasteiger partial charge on any atom is -0.463 e. The van der Waals surface area contributed by atoms with Gasteiger partial charge in [-0.1, -0.05) is 13.0 Å². The lowest BCUT2D eigenvalue weighted by atomic mass is 10.1. The third-order valence-electron chi connectivity index (χ3n) is 5.06. The van der Waals surface area contributed by atoms with Gasteiger partial charge in [0, 0.05) is 30.3 Å². The number of aryl methyl sites for hydroxylation is 1. The Morgan fingerprint density at radius 2 is 2.23 bits per heavy atom. The van der Waals surface area contributed by atoms with E-state index in [1.54, 1.807) is 4.90 Å². The topological polar surface area (TPSA) is 33.5 Å². The normalized spacial score (nSPS) is 26.0. The molecule has 2 atom stereocenters. The van der Waals surface area contributed by atoms with Crippen LogP contribution in [-0.4, -0.2) is 29.8 Å². The van der Waals surface area contributed by atoms with Crippen LogP contribution in [0.2, 0.25) is 0 Å². The Labute approximate surface area is 126 Å². The van der Waals surface area contributed by atoms with Gasteiger partial charge in [0.25, 0.3) is 11.8 Å². The Hall–Kier alpha value is -1.91. The second-order valence-electron chi connectivity index (χ2n) is 6.26. The number of fused-ring (bicyclic) bond motifs is 2. The van der Waals surface area contributed by atoms with Crippen LogP contribution in [0.4, 0.5) is 8.78 Å². The van der Waals surface area contributed by atoms with E-state index in [4.69, 9.17) is 4.42 Å². The van der Waals surface area contributed by atoms with Crippen molar-refractivity contribution in [3.8, 4) is 0 Å². The fourth-order valence-corrected chi connectivity index (χ4v) is 3.54. The molecule has 1 amide bonds. The Balaban J connectivity index is 1.63. The summed E-state index contributed by atoms with van der Waals surface area (Å²) in [6.07, 6.45) is 2.71. The van der Waals surface area contributed by atoms with Gasteiger partial charge in [0.2, 0.25) is 0 Å². The zero-order valence-corrected chi connectivity index (χ0v) is 12.3. The van der Waals surface area contributed by atoms with Gasteiger partial charge in [-0.05, 0) is 30.5 Å². The van der Waals surface area contributed by atoms with Crippen molar-refractivity contribution in [3.63, 3.8) is 0 Å². The molecule has 4 rings (SSSR count). The summed E-state index contributed by atoms with van der Waals surface area (Å²) in [5.74, 6) is -3.96. The van der Waals surface area contributed by atoms with E-state index in [0.29, 0.717) is 24.1 Å². The highest BCUT2D eigenvalue weighted by Crippen LogP contribution is 2.59. The van der Waals surface area contributed by atoms with Gasteiger partial charge in [-0.25, -0.2) is 8.78 Å². The van der Waals surface area contributed by atoms with Crippen molar-refractivity contribution in [2.45, 2.75) is 25.7 Å². The van der Waals surface area contributed by atoms with E-state index < -0.39 is 17.8 Å². The maximum atomic E-state index is 13.5. The molecule has 2 fully saturated rings. The smallest absolute Gasteiger partial charge is 0.257 e. The van der Waals surface area contributed by atoms with Crippen LogP contribution in [-0.2, 0) is 6.42 Å². The molecular formula is C17H17F2NO2. The van der Waals surface area contributed by atoms with Crippen molar-refractivity contribution in [2.75, 3.05) is 13.1 Å². The van der Waals surface area contributed by atoms with Crippen molar-refractivity contribution in [3.05, 3.63) is 35.6 Å². The van der Waals surface area contributed by atoms with Gasteiger partial charge in [-0.3, -0.25) is 4.79 Å². The number of piperidine rings is 1. The number of furan rings is 1. The maximum Gasteiger partial charge on any atom is 0.257 e. The lowest BCUT2D eigenvalue weighted by molar-refractivity contribution is 0.0691. The maximum absolute atomic E-state index is 13.5. The number of carbonyl (C=O) groups is 1. The number of hydrogen-bond donors (Lipinski definition) is 0. The van der Waals surface area contributed by atoms with Crippen LogP contribution in [0.5, 0.6) is 0 Å². The SMILES string of the molecule is CCc1ccc2occ(C(=O)N3CC[C@@H]4[C@@H](C3)C4(F)F)c2c1. The Morgan fingerprint density at radius 1 is 1.41 bits per heavy atom. The van der Waals surface area contributed by atoms with E-state index in [1.807, 2.05) is 25.1 Å². The van der Waals surface area contributed by atoms with Gasteiger partial charge in [0.15, 0.2) is 0 Å². The summed E-state index contributed by atoms with van der Waals surface area (Å²) in [7, 11) is 0. The zero-order valence-electron chi connectivity index (χ0n) is 12.3. The molecule has 22 heavy (non-hydrogen) atoms. The van der Waals surface area contributed by atoms with E-state index in [0.717, 1.165) is 17.4 Å². The van der Waals surface area contributed by atoms with Crippen LogP contribution in [0.1, 0.15) is 29.3 Å². The number of carbonyl (C=O) groups excluding carboxylic acids is 1. The van der Waals surface area contributed by atoms with Crippen molar-refractivity contribution in [2.24, 2.45) is 11.8 Å². The van der Waals surface area contributed by atoms with Crippen molar-refractivity contribution < 1.29 is 18.0 Å². The molecule has 3 nitrogen and oxygen atoms in total. The van der Waals surface area contributed by atoms with E-state index >= 15 is 0 Å². The standard InChI is InChI=1S/C17H17F2NO2/c1-2-10-3-4-15-11(7-10)12(9-22-15)16(21)20-6-5-13-14(8-20)17(13,18)19/h3-4,7,9,13-14H,2,5-6,8H2,1H3/t13-,14-/m1/s1. The van der Waals surface area contributed by atoms with E-state index in [9.17, 15) is 13.6 Å². The molecule has 2 heterocycles. The summed E-state index contributed by atoms with van der Waals surface area (Å²) in [6, 6.07) is 5.77. The van der Waals surface area contributed by atoms with E-state index in [1.165, 1.54) is 6.26 Å². The number of halogens is 2. The average Bonchev–Trinajstić information content (AvgIpc) is 2.89. The van der Waals surface area contributed by atoms with Crippen molar-refractivity contribution >= 4 is 16.9 Å². The molecule has 0 unspecified atom stereocenters. The highest BCUT2D eigenvalue weighted by Gasteiger charge is 2.69. The highest BCUT2D eigenvalue weighted by atomic mass is 19.3. The Bertz CT molecular complexity index is 752. The van der Waals surface area contributed by atoms with Crippen LogP contribution in [0.25, 0.3) is 11.0 Å². The lowest BCUT2D eigenvalue weighted by Gasteiger charge is -2.25. The Kier molecular flexibility index (Phi) is 2.83. The fraction of sp³-hybridized carbons (Fsp3) is 0.471. The summed E-state index contributed by atoms with van der Waals surface area (Å²) in [6.45, 7) is 2.59. The van der Waals surface area contributed by atoms with Gasteiger partial charge in [-0.2, -0.15) is 0 Å². The molecular weight excluding hydrogens is 288 g/mol. The molecule has 0 radical (unpaired) electrons. The summed E-state index contributed by atoms with van der Waals surface area (Å²) in [4.78, 5) is 14.2. The summed E-state index contributed by atoms with van der Waals surface area (Å²) < 4.78 is 32.4. The van der Waals surface area contributed by atoms with Crippen LogP contribution in [0, 0.1) is 11.8 Å². The molecule has 1 saturated heterocycles. The van der Waals surface area contributed by atoms with Gasteiger partial charge in [0.05, 0.1) is 5.56 Å². The summed E-state index contributed by atoms with van der Waals surface area (Å²) >= 11 is 0. The lowest BCUT2D eigenvalue weighted by Crippen LogP contribution is -2.36. The molecule has 5 heteroatoms. The molecule has 1 saturated carbocycles. The molecule has 0 spiro atoms. The number of nitrogens with zero attached hydrogens (tertiary/aromatic N) is 1. The van der Waals surface area contributed by atoms with Crippen molar-refractivity contribution in [1.82, 2.24) is 4.90 Å². The number of benzene rings is 1. The first-order chi connectivity index (χ1) is 10.5. The molecule has 1 aliphatic heterocycles. The largest absolute Gasteiger partial charge is 0.463 e. The molecule has 1 aromatic carbocycles. The minimum absolute atomic E-state index is 0.149. The quantitative estimate of drug-likeness (QED) is 0.847. The number of likely N-dealkylation sites (tertiary alicyclic amines) is 1. The zero-order chi connectivity index (χ0) is 15.5. The summed E-state index contributed by atoms with van der Waals surface area (Å²) in [5, 5.41) is 0.772. The van der Waals surface area contributed by atoms with Gasteiger partial charge in [-0.15, -0.1) is 0 Å². The number of hydrogen-bond acceptors (Lipinski definition) is 2. The fourth-order valence-electron chi connectivity index (χ4n) is 3.54. The Morgan fingerprint density at radius 3 is 2.95 bits per heavy atom. The minimum atomic E-state index is -2.58. The molecule has 0 bridgehead atoms. The van der Waals surface area contributed by atoms with Crippen LogP contribution < -0.4 is 0 Å². The van der Waals surface area contributed by atoms with E-state index in [-0.39, 0.29) is 12.5 Å². The third kappa shape index (κ3) is 1.87. The first-order valence-corrected chi connectivity index (χ1v) is 7.69. The molecule has 1 aliphatic carbocycles. The number of amides is 1. The van der Waals surface area contributed by atoms with Crippen LogP contribution in [0.3, 0.4) is 0 Å². The monoisotopic (exact) mass is 305 g/mol. The number of rotatable bonds is 2. The predicted octanol–water partition coefficient (Wildman–Crippen LogP) is 3.72. The van der Waals surface area contributed by atoms with Crippen LogP contribution in [0.15, 0.2) is 28.9 Å². The molecule has 2 aliphatic rings. The number of alkyl halides is 2. The average molecular weight is 305 g/mol. The highest BCUT2D eigenvalue weighted by molar-refractivity contribution is 6.06. The molecule has 2 aromatic rings. The first kappa shape index (κ1) is 13.7. The molecule has 116 valence electrons. The van der Waals surface area contributed by atoms with E-state index in [2.05, 4.69) is 0 Å². The van der Waals surface area contributed by atoms with Gasteiger partial charge in [0.1, 0.15) is 11.8 Å².